The minimum Gasteiger partial charge on any atom is -0.490 e. The third-order valence-corrected chi connectivity index (χ3v) is 5.32. The van der Waals surface area contributed by atoms with Gasteiger partial charge in [0.05, 0.1) is 23.2 Å². The van der Waals surface area contributed by atoms with Gasteiger partial charge in [-0.05, 0) is 48.7 Å². The number of non-ortho nitro benzene ring substituents is 1. The maximum Gasteiger partial charge on any atom is 0.270 e. The Balaban J connectivity index is 2.03. The van der Waals surface area contributed by atoms with Gasteiger partial charge in [-0.25, -0.2) is 0 Å². The monoisotopic (exact) mass is 474 g/mol. The first kappa shape index (κ1) is 24.6. The van der Waals surface area contributed by atoms with Crippen molar-refractivity contribution in [2.45, 2.75) is 20.0 Å². The zero-order chi connectivity index (χ0) is 24.5. The lowest BCUT2D eigenvalue weighted by atomic mass is 10.0. The Kier molecular flexibility index (Phi) is 8.44. The van der Waals surface area contributed by atoms with Crippen molar-refractivity contribution in [2.75, 3.05) is 6.61 Å². The molecule has 0 heterocycles. The summed E-state index contributed by atoms with van der Waals surface area (Å²) in [5, 5.41) is 21.5. The predicted octanol–water partition coefficient (Wildman–Crippen LogP) is 7.02. The molecule has 0 unspecified atom stereocenters. The number of halogens is 1. The largest absolute Gasteiger partial charge is 0.490 e. The lowest BCUT2D eigenvalue weighted by molar-refractivity contribution is -0.384. The molecule has 0 aromatic heterocycles. The van der Waals surface area contributed by atoms with Gasteiger partial charge in [-0.3, -0.25) is 10.1 Å². The van der Waals surface area contributed by atoms with Crippen molar-refractivity contribution in [3.8, 4) is 17.6 Å². The zero-order valence-electron chi connectivity index (χ0n) is 18.7. The van der Waals surface area contributed by atoms with E-state index in [9.17, 15) is 15.4 Å². The van der Waals surface area contributed by atoms with E-state index in [1.807, 2.05) is 31.2 Å². The van der Waals surface area contributed by atoms with Crippen LogP contribution >= 0.6 is 11.6 Å². The topological polar surface area (TPSA) is 85.4 Å². The van der Waals surface area contributed by atoms with Crippen molar-refractivity contribution in [1.82, 2.24) is 0 Å². The maximum atomic E-state index is 11.1. The van der Waals surface area contributed by atoms with Crippen molar-refractivity contribution >= 4 is 28.9 Å². The van der Waals surface area contributed by atoms with Crippen LogP contribution in [-0.2, 0) is 13.0 Å². The molecule has 0 amide bonds. The van der Waals surface area contributed by atoms with Crippen LogP contribution in [0.2, 0.25) is 5.02 Å². The summed E-state index contributed by atoms with van der Waals surface area (Å²) in [7, 11) is 0. The molecule has 0 saturated carbocycles. The van der Waals surface area contributed by atoms with Crippen molar-refractivity contribution < 1.29 is 14.4 Å². The van der Waals surface area contributed by atoms with Crippen LogP contribution in [0.15, 0.2) is 73.3 Å². The van der Waals surface area contributed by atoms with Crippen LogP contribution in [-0.4, -0.2) is 11.5 Å². The minimum atomic E-state index is -0.487. The summed E-state index contributed by atoms with van der Waals surface area (Å²) >= 11 is 6.27. The summed E-state index contributed by atoms with van der Waals surface area (Å²) in [5.74, 6) is 1.10. The Morgan fingerprint density at radius 3 is 2.62 bits per heavy atom. The molecule has 7 heteroatoms. The molecule has 172 valence electrons. The number of nitriles is 1. The molecule has 3 aromatic rings. The molecule has 0 saturated heterocycles. The lowest BCUT2D eigenvalue weighted by Crippen LogP contribution is -2.03. The molecule has 0 fully saturated rings. The average molecular weight is 475 g/mol. The molecule has 0 aliphatic carbocycles. The normalized spacial score (nSPS) is 10.9. The number of allylic oxidation sites excluding steroid dienone is 2. The van der Waals surface area contributed by atoms with E-state index >= 15 is 0 Å². The third-order valence-electron chi connectivity index (χ3n) is 4.95. The molecule has 0 bridgehead atoms. The van der Waals surface area contributed by atoms with Crippen molar-refractivity contribution in [1.29, 1.82) is 5.26 Å². The number of hydrogen-bond acceptors (Lipinski definition) is 5. The van der Waals surface area contributed by atoms with Gasteiger partial charge in [0.15, 0.2) is 11.5 Å². The Labute approximate surface area is 203 Å². The molecule has 3 rings (SSSR count). The van der Waals surface area contributed by atoms with Crippen LogP contribution in [0, 0.1) is 21.4 Å². The van der Waals surface area contributed by atoms with Crippen molar-refractivity contribution in [2.24, 2.45) is 0 Å². The summed E-state index contributed by atoms with van der Waals surface area (Å²) in [6.07, 6.45) is 3.94. The standard InChI is InChI=1S/C27H23ClN2O4/c1-3-8-21-13-19(14-23(17-29)20-10-7-11-24(16-20)30(31)32)15-26(33-4-2)27(21)34-18-22-9-5-6-12-25(22)28/h3,5-7,9-16H,1,4,8,18H2,2H3/b23-14-. The van der Waals surface area contributed by atoms with E-state index in [4.69, 9.17) is 21.1 Å². The second-order valence-electron chi connectivity index (χ2n) is 7.29. The summed E-state index contributed by atoms with van der Waals surface area (Å²) in [6.45, 7) is 6.38. The maximum absolute atomic E-state index is 11.1. The van der Waals surface area contributed by atoms with E-state index in [1.165, 1.54) is 12.1 Å². The van der Waals surface area contributed by atoms with Crippen LogP contribution in [0.1, 0.15) is 29.2 Å². The van der Waals surface area contributed by atoms with Gasteiger partial charge < -0.3 is 9.47 Å². The van der Waals surface area contributed by atoms with E-state index in [0.717, 1.165) is 11.1 Å². The highest BCUT2D eigenvalue weighted by Crippen LogP contribution is 2.36. The minimum absolute atomic E-state index is 0.0793. The third kappa shape index (κ3) is 6.03. The molecule has 0 N–H and O–H groups in total. The first-order chi connectivity index (χ1) is 16.5. The molecule has 0 aliphatic rings. The molecule has 0 atom stereocenters. The van der Waals surface area contributed by atoms with Crippen LogP contribution in [0.25, 0.3) is 11.6 Å². The number of ether oxygens (including phenoxy) is 2. The molecular weight excluding hydrogens is 452 g/mol. The highest BCUT2D eigenvalue weighted by atomic mass is 35.5. The lowest BCUT2D eigenvalue weighted by Gasteiger charge is -2.17. The molecule has 6 nitrogen and oxygen atoms in total. The second-order valence-corrected chi connectivity index (χ2v) is 7.70. The molecule has 0 spiro atoms. The van der Waals surface area contributed by atoms with Crippen LogP contribution in [0.5, 0.6) is 11.5 Å². The number of benzene rings is 3. The number of rotatable bonds is 10. The van der Waals surface area contributed by atoms with E-state index in [2.05, 4.69) is 12.6 Å². The molecule has 34 heavy (non-hydrogen) atoms. The van der Waals surface area contributed by atoms with Gasteiger partial charge in [0.25, 0.3) is 5.69 Å². The van der Waals surface area contributed by atoms with Gasteiger partial charge >= 0.3 is 0 Å². The fourth-order valence-corrected chi connectivity index (χ4v) is 3.59. The molecule has 0 radical (unpaired) electrons. The summed E-state index contributed by atoms with van der Waals surface area (Å²) in [6, 6.07) is 19.2. The smallest absolute Gasteiger partial charge is 0.270 e. The summed E-state index contributed by atoms with van der Waals surface area (Å²) in [4.78, 5) is 10.6. The fraction of sp³-hybridized carbons (Fsp3) is 0.148. The Bertz CT molecular complexity index is 1280. The molecule has 0 aliphatic heterocycles. The van der Waals surface area contributed by atoms with E-state index in [1.54, 1.807) is 36.4 Å². The van der Waals surface area contributed by atoms with Gasteiger partial charge in [-0.1, -0.05) is 48.0 Å². The number of nitro groups is 1. The Morgan fingerprint density at radius 1 is 1.15 bits per heavy atom. The van der Waals surface area contributed by atoms with Crippen LogP contribution < -0.4 is 9.47 Å². The van der Waals surface area contributed by atoms with Crippen LogP contribution in [0.4, 0.5) is 5.69 Å². The van der Waals surface area contributed by atoms with Crippen LogP contribution in [0.3, 0.4) is 0 Å². The van der Waals surface area contributed by atoms with Gasteiger partial charge in [-0.2, -0.15) is 5.26 Å². The predicted molar refractivity (Wildman–Crippen MR) is 134 cm³/mol. The highest BCUT2D eigenvalue weighted by molar-refractivity contribution is 6.31. The van der Waals surface area contributed by atoms with E-state index in [0.29, 0.717) is 46.2 Å². The van der Waals surface area contributed by atoms with Gasteiger partial charge in [-0.15, -0.1) is 6.58 Å². The van der Waals surface area contributed by atoms with E-state index < -0.39 is 4.92 Å². The average Bonchev–Trinajstić information content (AvgIpc) is 2.83. The van der Waals surface area contributed by atoms with Crippen molar-refractivity contribution in [3.05, 3.63) is 111 Å². The second kappa shape index (κ2) is 11.7. The quantitative estimate of drug-likeness (QED) is 0.104. The fourth-order valence-electron chi connectivity index (χ4n) is 3.40. The molecular formula is C27H23ClN2O4. The van der Waals surface area contributed by atoms with Gasteiger partial charge in [0, 0.05) is 28.3 Å². The number of nitrogens with zero attached hydrogens (tertiary/aromatic N) is 2. The first-order valence-corrected chi connectivity index (χ1v) is 11.0. The van der Waals surface area contributed by atoms with Crippen molar-refractivity contribution in [3.63, 3.8) is 0 Å². The Hall–Kier alpha value is -4.08. The Morgan fingerprint density at radius 2 is 1.94 bits per heavy atom. The summed E-state index contributed by atoms with van der Waals surface area (Å²) in [5.41, 5.74) is 3.05. The summed E-state index contributed by atoms with van der Waals surface area (Å²) < 4.78 is 12.0. The van der Waals surface area contributed by atoms with Gasteiger partial charge in [0.1, 0.15) is 6.61 Å². The highest BCUT2D eigenvalue weighted by Gasteiger charge is 2.15. The zero-order valence-corrected chi connectivity index (χ0v) is 19.4. The molecule has 3 aromatic carbocycles. The van der Waals surface area contributed by atoms with E-state index in [-0.39, 0.29) is 12.3 Å². The SMILES string of the molecule is C=CCc1cc(/C=C(/C#N)c2cccc([N+](=O)[O-])c2)cc(OCC)c1OCc1ccccc1Cl. The number of hydrogen-bond donors (Lipinski definition) is 0. The van der Waals surface area contributed by atoms with Gasteiger partial charge in [0.2, 0.25) is 0 Å². The first-order valence-electron chi connectivity index (χ1n) is 10.6. The number of nitro benzene ring substituents is 1.